The van der Waals surface area contributed by atoms with E-state index >= 15 is 0 Å². The average molecular weight is 431 g/mol. The number of aromatic nitrogens is 1. The van der Waals surface area contributed by atoms with Crippen LogP contribution in [0.4, 0.5) is 0 Å². The largest absolute Gasteiger partial charge is 0.461 e. The highest BCUT2D eigenvalue weighted by atomic mass is 35.5. The first-order valence-electron chi connectivity index (χ1n) is 8.15. The molecule has 8 nitrogen and oxygen atoms in total. The fraction of sp³-hybridized carbons (Fsp3) is 0.667. The zero-order valence-corrected chi connectivity index (χ0v) is 17.7. The van der Waals surface area contributed by atoms with Crippen LogP contribution in [-0.4, -0.2) is 70.1 Å². The summed E-state index contributed by atoms with van der Waals surface area (Å²) in [4.78, 5) is 17.1. The van der Waals surface area contributed by atoms with E-state index < -0.39 is 16.0 Å². The molecule has 2 rings (SSSR count). The summed E-state index contributed by atoms with van der Waals surface area (Å²) in [5, 5.41) is 3.26. The van der Waals surface area contributed by atoms with Gasteiger partial charge in [0.2, 0.25) is 10.0 Å². The van der Waals surface area contributed by atoms with Crippen molar-refractivity contribution in [3.8, 4) is 0 Å². The molecule has 0 aliphatic carbocycles. The number of ether oxygens (including phenoxy) is 1. The van der Waals surface area contributed by atoms with Gasteiger partial charge in [-0.15, -0.1) is 24.8 Å². The Bertz CT molecular complexity index is 688. The molecule has 3 N–H and O–H groups in total. The second-order valence-electron chi connectivity index (χ2n) is 5.79. The zero-order valence-electron chi connectivity index (χ0n) is 15.3. The smallest absolute Gasteiger partial charge is 0.355 e. The zero-order chi connectivity index (χ0) is 17.7. The number of nitrogens with zero attached hydrogens (tertiary/aromatic N) is 1. The second kappa shape index (κ2) is 11.1. The first kappa shape index (κ1) is 25.2. The van der Waals surface area contributed by atoms with Crippen LogP contribution in [0.1, 0.15) is 28.7 Å². The van der Waals surface area contributed by atoms with Gasteiger partial charge in [-0.1, -0.05) is 0 Å². The topological polar surface area (TPSA) is 104 Å². The molecule has 26 heavy (non-hydrogen) atoms. The number of piperazine rings is 1. The minimum Gasteiger partial charge on any atom is -0.461 e. The summed E-state index contributed by atoms with van der Waals surface area (Å²) in [6.07, 6.45) is 0. The van der Waals surface area contributed by atoms with Crippen molar-refractivity contribution in [2.75, 3.05) is 45.9 Å². The highest BCUT2D eigenvalue weighted by molar-refractivity contribution is 7.89. The number of hydrogen-bond donors (Lipinski definition) is 3. The lowest BCUT2D eigenvalue weighted by Crippen LogP contribution is -2.46. The second-order valence-corrected chi connectivity index (χ2v) is 7.49. The maximum absolute atomic E-state index is 12.6. The van der Waals surface area contributed by atoms with Crippen molar-refractivity contribution in [2.45, 2.75) is 25.7 Å². The maximum atomic E-state index is 12.6. The molecule has 0 radical (unpaired) electrons. The number of aryl methyl sites for hydroxylation is 1. The van der Waals surface area contributed by atoms with Gasteiger partial charge in [0, 0.05) is 50.5 Å². The predicted octanol–water partition coefficient (Wildman–Crippen LogP) is 0.835. The van der Waals surface area contributed by atoms with E-state index in [1.165, 1.54) is 0 Å². The van der Waals surface area contributed by atoms with Gasteiger partial charge in [0.25, 0.3) is 0 Å². The third-order valence-electron chi connectivity index (χ3n) is 4.05. The van der Waals surface area contributed by atoms with Crippen LogP contribution < -0.4 is 10.0 Å². The summed E-state index contributed by atoms with van der Waals surface area (Å²) in [5.74, 6) is -0.541. The summed E-state index contributed by atoms with van der Waals surface area (Å²) >= 11 is 0. The van der Waals surface area contributed by atoms with E-state index in [9.17, 15) is 13.2 Å². The Hall–Kier alpha value is -0.840. The number of aromatic amines is 1. The number of sulfonamides is 1. The van der Waals surface area contributed by atoms with E-state index in [1.807, 2.05) is 0 Å². The molecule has 1 aromatic rings. The maximum Gasteiger partial charge on any atom is 0.355 e. The number of H-pyrrole nitrogens is 1. The van der Waals surface area contributed by atoms with Gasteiger partial charge in [-0.3, -0.25) is 4.90 Å². The molecule has 2 heterocycles. The van der Waals surface area contributed by atoms with Crippen LogP contribution in [0.25, 0.3) is 0 Å². The van der Waals surface area contributed by atoms with E-state index in [0.29, 0.717) is 24.3 Å². The van der Waals surface area contributed by atoms with E-state index in [2.05, 4.69) is 19.9 Å². The molecule has 0 unspecified atom stereocenters. The molecule has 1 fully saturated rings. The summed E-state index contributed by atoms with van der Waals surface area (Å²) in [7, 11) is -3.68. The Balaban J connectivity index is 0.00000312. The molecule has 1 aliphatic heterocycles. The minimum absolute atomic E-state index is 0. The minimum atomic E-state index is -3.68. The van der Waals surface area contributed by atoms with Crippen molar-refractivity contribution in [3.05, 3.63) is 17.0 Å². The Kier molecular flexibility index (Phi) is 10.7. The Morgan fingerprint density at radius 3 is 2.42 bits per heavy atom. The molecule has 0 spiro atoms. The molecule has 0 aromatic carbocycles. The van der Waals surface area contributed by atoms with Gasteiger partial charge in [0.15, 0.2) is 0 Å². The number of carbonyl (C=O) groups excluding carboxylic acids is 1. The third kappa shape index (κ3) is 6.11. The summed E-state index contributed by atoms with van der Waals surface area (Å²) in [5.41, 5.74) is 1.02. The Labute approximate surface area is 167 Å². The molecule has 0 atom stereocenters. The van der Waals surface area contributed by atoms with Crippen LogP contribution in [0.15, 0.2) is 4.90 Å². The highest BCUT2D eigenvalue weighted by Crippen LogP contribution is 2.23. The van der Waals surface area contributed by atoms with Crippen LogP contribution in [0.5, 0.6) is 0 Å². The molecule has 152 valence electrons. The number of esters is 1. The molecule has 11 heteroatoms. The summed E-state index contributed by atoms with van der Waals surface area (Å²) < 4.78 is 32.8. The van der Waals surface area contributed by atoms with E-state index in [-0.39, 0.29) is 42.0 Å². The van der Waals surface area contributed by atoms with Crippen LogP contribution in [-0.2, 0) is 14.8 Å². The number of hydrogen-bond acceptors (Lipinski definition) is 6. The molecule has 0 saturated carbocycles. The van der Waals surface area contributed by atoms with E-state index in [4.69, 9.17) is 4.74 Å². The summed E-state index contributed by atoms with van der Waals surface area (Å²) in [6, 6.07) is 0. The number of nitrogens with one attached hydrogen (secondary N) is 3. The van der Waals surface area contributed by atoms with Gasteiger partial charge in [0.05, 0.1) is 6.61 Å². The van der Waals surface area contributed by atoms with E-state index in [0.717, 1.165) is 26.2 Å². The lowest BCUT2D eigenvalue weighted by Gasteiger charge is -2.27. The molecule has 1 saturated heterocycles. The molecular weight excluding hydrogens is 403 g/mol. The van der Waals surface area contributed by atoms with Gasteiger partial charge in [0.1, 0.15) is 10.6 Å². The number of halogens is 2. The Morgan fingerprint density at radius 2 is 1.85 bits per heavy atom. The van der Waals surface area contributed by atoms with Gasteiger partial charge in [-0.2, -0.15) is 0 Å². The molecule has 0 bridgehead atoms. The number of rotatable bonds is 7. The van der Waals surface area contributed by atoms with Gasteiger partial charge < -0.3 is 15.0 Å². The molecule has 0 amide bonds. The molecule has 1 aromatic heterocycles. The average Bonchev–Trinajstić information content (AvgIpc) is 2.84. The van der Waals surface area contributed by atoms with Crippen molar-refractivity contribution in [2.24, 2.45) is 0 Å². The van der Waals surface area contributed by atoms with Crippen molar-refractivity contribution in [3.63, 3.8) is 0 Å². The molecule has 1 aliphatic rings. The van der Waals surface area contributed by atoms with Crippen molar-refractivity contribution in [1.82, 2.24) is 19.9 Å². The third-order valence-corrected chi connectivity index (χ3v) is 5.78. The highest BCUT2D eigenvalue weighted by Gasteiger charge is 2.27. The number of carbonyl (C=O) groups is 1. The Morgan fingerprint density at radius 1 is 1.23 bits per heavy atom. The van der Waals surface area contributed by atoms with Crippen LogP contribution in [0, 0.1) is 13.8 Å². The fourth-order valence-corrected chi connectivity index (χ4v) is 4.35. The van der Waals surface area contributed by atoms with E-state index in [1.54, 1.807) is 20.8 Å². The van der Waals surface area contributed by atoms with Crippen LogP contribution in [0.2, 0.25) is 0 Å². The normalized spacial score (nSPS) is 15.0. The quantitative estimate of drug-likeness (QED) is 0.553. The predicted molar refractivity (Wildman–Crippen MR) is 105 cm³/mol. The SMILES string of the molecule is CCOC(=O)c1[nH]c(C)c(S(=O)(=O)NCCN2CCNCC2)c1C.Cl.Cl. The first-order valence-corrected chi connectivity index (χ1v) is 9.64. The van der Waals surface area contributed by atoms with Crippen molar-refractivity contribution < 1.29 is 17.9 Å². The standard InChI is InChI=1S/C15H26N4O4S.2ClH/c1-4-23-15(20)13-11(2)14(12(3)18-13)24(21,22)17-7-10-19-8-5-16-6-9-19;;/h16-18H,4-10H2,1-3H3;2*1H. The van der Waals surface area contributed by atoms with Gasteiger partial charge in [-0.05, 0) is 20.8 Å². The first-order chi connectivity index (χ1) is 11.4. The van der Waals surface area contributed by atoms with Crippen LogP contribution >= 0.6 is 24.8 Å². The lowest BCUT2D eigenvalue weighted by molar-refractivity contribution is 0.0519. The lowest BCUT2D eigenvalue weighted by atomic mass is 10.2. The van der Waals surface area contributed by atoms with Crippen molar-refractivity contribution >= 4 is 40.8 Å². The summed E-state index contributed by atoms with van der Waals surface area (Å²) in [6.45, 7) is 9.86. The monoisotopic (exact) mass is 430 g/mol. The fourth-order valence-electron chi connectivity index (χ4n) is 2.89. The van der Waals surface area contributed by atoms with Gasteiger partial charge in [-0.25, -0.2) is 17.9 Å². The molecular formula is C15H28Cl2N4O4S. The van der Waals surface area contributed by atoms with Gasteiger partial charge >= 0.3 is 5.97 Å². The van der Waals surface area contributed by atoms with Crippen molar-refractivity contribution in [1.29, 1.82) is 0 Å². The van der Waals surface area contributed by atoms with Crippen LogP contribution in [0.3, 0.4) is 0 Å².